The van der Waals surface area contributed by atoms with Gasteiger partial charge in [0.25, 0.3) is 5.92 Å². The van der Waals surface area contributed by atoms with Gasteiger partial charge in [0.05, 0.1) is 6.42 Å². The molecule has 1 aliphatic carbocycles. The molecule has 2 aliphatic rings. The molecule has 1 aromatic rings. The van der Waals surface area contributed by atoms with Crippen LogP contribution in [0.3, 0.4) is 0 Å². The monoisotopic (exact) mass is 439 g/mol. The minimum absolute atomic E-state index is 0.170. The molecule has 1 heterocycles. The number of halogens is 2. The number of benzene rings is 1. The predicted octanol–water partition coefficient (Wildman–Crippen LogP) is 7.36. The quantitative estimate of drug-likeness (QED) is 0.281. The van der Waals surface area contributed by atoms with E-state index in [1.807, 2.05) is 0 Å². The molecule has 174 valence electrons. The minimum Gasteiger partial charge on any atom is -0.393 e. The summed E-state index contributed by atoms with van der Waals surface area (Å²) in [6.07, 6.45) is 12.9. The summed E-state index contributed by atoms with van der Waals surface area (Å²) < 4.78 is 26.5. The summed E-state index contributed by atoms with van der Waals surface area (Å²) in [7, 11) is 0.934. The maximum atomic E-state index is 13.3. The third-order valence-corrected chi connectivity index (χ3v) is 7.11. The van der Waals surface area contributed by atoms with Crippen molar-refractivity contribution in [1.29, 1.82) is 0 Å². The van der Waals surface area contributed by atoms with Gasteiger partial charge in [-0.05, 0) is 73.5 Å². The summed E-state index contributed by atoms with van der Waals surface area (Å²) in [5.41, 5.74) is 7.05. The lowest BCUT2D eigenvalue weighted by Crippen LogP contribution is -2.41. The summed E-state index contributed by atoms with van der Waals surface area (Å²) in [5.74, 6) is -1.69. The van der Waals surface area contributed by atoms with Gasteiger partial charge in [0, 0.05) is 11.6 Å². The van der Waals surface area contributed by atoms with Crippen LogP contribution in [0.1, 0.15) is 87.8 Å². The standard InChI is InChI=1S/C28H40BF2N/c1-20(16-23-12-6-5-7-13-23)10-8-11-21(2)25-15-9-14-24-17-27(29-19-26(24)25)32-22(3)18-28(4,30)31/h9,14-15,23,27,29,32H,1-3,5-8,10-13,16-19H2,4H3. The second-order valence-electron chi connectivity index (χ2n) is 10.3. The zero-order valence-corrected chi connectivity index (χ0v) is 20.0. The van der Waals surface area contributed by atoms with E-state index < -0.39 is 5.92 Å². The van der Waals surface area contributed by atoms with Crippen molar-refractivity contribution in [2.45, 2.75) is 95.7 Å². The fourth-order valence-corrected chi connectivity index (χ4v) is 5.56. The summed E-state index contributed by atoms with van der Waals surface area (Å²) >= 11 is 0. The van der Waals surface area contributed by atoms with E-state index in [4.69, 9.17) is 0 Å². The average molecular weight is 439 g/mol. The molecule has 1 atom stereocenters. The van der Waals surface area contributed by atoms with Gasteiger partial charge in [-0.3, -0.25) is 0 Å². The van der Waals surface area contributed by atoms with Crippen LogP contribution in [0.15, 0.2) is 49.2 Å². The van der Waals surface area contributed by atoms with Crippen LogP contribution in [-0.2, 0) is 12.7 Å². The number of hydrogen-bond acceptors (Lipinski definition) is 1. The van der Waals surface area contributed by atoms with Gasteiger partial charge < -0.3 is 5.32 Å². The van der Waals surface area contributed by atoms with Gasteiger partial charge in [-0.1, -0.05) is 75.6 Å². The molecule has 0 saturated heterocycles. The number of nitrogens with one attached hydrogen (secondary N) is 1. The molecule has 0 spiro atoms. The molecule has 0 amide bonds. The van der Waals surface area contributed by atoms with E-state index in [1.54, 1.807) is 0 Å². The van der Waals surface area contributed by atoms with Crippen LogP contribution >= 0.6 is 0 Å². The van der Waals surface area contributed by atoms with Crippen LogP contribution in [0.2, 0.25) is 0 Å². The molecule has 0 bridgehead atoms. The second-order valence-corrected chi connectivity index (χ2v) is 10.3. The molecule has 1 saturated carbocycles. The van der Waals surface area contributed by atoms with E-state index in [9.17, 15) is 8.78 Å². The van der Waals surface area contributed by atoms with Gasteiger partial charge in [-0.2, -0.15) is 0 Å². The normalized spacial score (nSPS) is 19.0. The van der Waals surface area contributed by atoms with Gasteiger partial charge in [0.15, 0.2) is 7.28 Å². The Labute approximate surface area is 194 Å². The largest absolute Gasteiger partial charge is 0.393 e. The predicted molar refractivity (Wildman–Crippen MR) is 136 cm³/mol. The zero-order chi connectivity index (χ0) is 23.1. The van der Waals surface area contributed by atoms with Crippen molar-refractivity contribution in [3.63, 3.8) is 0 Å². The van der Waals surface area contributed by atoms with Crippen molar-refractivity contribution >= 4 is 12.9 Å². The molecule has 32 heavy (non-hydrogen) atoms. The highest BCUT2D eigenvalue weighted by molar-refractivity contribution is 6.38. The van der Waals surface area contributed by atoms with Crippen LogP contribution in [0, 0.1) is 5.92 Å². The topological polar surface area (TPSA) is 12.0 Å². The smallest absolute Gasteiger partial charge is 0.250 e. The number of fused-ring (bicyclic) bond motifs is 1. The SMILES string of the molecule is C=C(CCCC(=C)c1cccc2c1CBC(NC(=C)CC(C)(F)F)C2)CC1CCCCC1. The molecule has 1 N–H and O–H groups in total. The van der Waals surface area contributed by atoms with Crippen molar-refractivity contribution in [2.75, 3.05) is 0 Å². The van der Waals surface area contributed by atoms with E-state index in [0.717, 1.165) is 52.1 Å². The minimum atomic E-state index is -2.72. The van der Waals surface area contributed by atoms with Gasteiger partial charge in [0.2, 0.25) is 0 Å². The number of hydrogen-bond donors (Lipinski definition) is 1. The van der Waals surface area contributed by atoms with E-state index in [-0.39, 0.29) is 12.4 Å². The first-order chi connectivity index (χ1) is 15.2. The highest BCUT2D eigenvalue weighted by atomic mass is 19.3. The van der Waals surface area contributed by atoms with Crippen molar-refractivity contribution in [1.82, 2.24) is 5.32 Å². The van der Waals surface area contributed by atoms with E-state index in [1.165, 1.54) is 66.4 Å². The molecule has 0 aromatic heterocycles. The fraction of sp³-hybridized carbons (Fsp3) is 0.571. The Morgan fingerprint density at radius 1 is 1.12 bits per heavy atom. The van der Waals surface area contributed by atoms with Gasteiger partial charge in [-0.25, -0.2) is 8.78 Å². The molecule has 3 rings (SSSR count). The number of rotatable bonds is 11. The van der Waals surface area contributed by atoms with Gasteiger partial charge >= 0.3 is 0 Å². The summed E-state index contributed by atoms with van der Waals surface area (Å²) in [6.45, 7) is 13.5. The third-order valence-electron chi connectivity index (χ3n) is 7.11. The third kappa shape index (κ3) is 7.64. The van der Waals surface area contributed by atoms with Gasteiger partial charge in [0.1, 0.15) is 0 Å². The number of allylic oxidation sites excluding steroid dienone is 3. The molecule has 1 aromatic carbocycles. The first kappa shape index (κ1) is 24.8. The Kier molecular flexibility index (Phi) is 8.79. The molecule has 1 unspecified atom stereocenters. The Balaban J connectivity index is 1.49. The zero-order valence-electron chi connectivity index (χ0n) is 20.0. The maximum Gasteiger partial charge on any atom is 0.250 e. The van der Waals surface area contributed by atoms with Crippen LogP contribution in [-0.4, -0.2) is 19.1 Å². The summed E-state index contributed by atoms with van der Waals surface area (Å²) in [4.78, 5) is 0. The van der Waals surface area contributed by atoms with Crippen molar-refractivity contribution in [3.05, 3.63) is 65.9 Å². The molecular formula is C28H40BF2N. The van der Waals surface area contributed by atoms with Crippen molar-refractivity contribution in [3.8, 4) is 0 Å². The maximum absolute atomic E-state index is 13.3. The summed E-state index contributed by atoms with van der Waals surface area (Å²) in [5, 5.41) is 3.24. The van der Waals surface area contributed by atoms with Crippen molar-refractivity contribution < 1.29 is 8.78 Å². The summed E-state index contributed by atoms with van der Waals surface area (Å²) in [6, 6.07) is 6.48. The molecule has 1 aliphatic heterocycles. The average Bonchev–Trinajstić information content (AvgIpc) is 2.72. The molecule has 1 fully saturated rings. The number of alkyl halides is 2. The molecule has 4 heteroatoms. The lowest BCUT2D eigenvalue weighted by atomic mass is 9.57. The first-order valence-corrected chi connectivity index (χ1v) is 12.5. The Morgan fingerprint density at radius 3 is 2.59 bits per heavy atom. The molecular weight excluding hydrogens is 399 g/mol. The van der Waals surface area contributed by atoms with Crippen molar-refractivity contribution in [2.24, 2.45) is 5.92 Å². The van der Waals surface area contributed by atoms with Gasteiger partial charge in [-0.15, -0.1) is 0 Å². The van der Waals surface area contributed by atoms with Crippen LogP contribution in [0.25, 0.3) is 5.57 Å². The lowest BCUT2D eigenvalue weighted by Gasteiger charge is -2.29. The second kappa shape index (κ2) is 11.3. The van der Waals surface area contributed by atoms with E-state index in [2.05, 4.69) is 43.3 Å². The van der Waals surface area contributed by atoms with Crippen LogP contribution in [0.5, 0.6) is 0 Å². The Hall–Kier alpha value is -1.84. The fourth-order valence-electron chi connectivity index (χ4n) is 5.56. The lowest BCUT2D eigenvalue weighted by molar-refractivity contribution is 0.0211. The Morgan fingerprint density at radius 2 is 1.88 bits per heavy atom. The first-order valence-electron chi connectivity index (χ1n) is 12.5. The van der Waals surface area contributed by atoms with Crippen LogP contribution < -0.4 is 5.32 Å². The molecule has 0 radical (unpaired) electrons. The van der Waals surface area contributed by atoms with E-state index in [0.29, 0.717) is 5.70 Å². The van der Waals surface area contributed by atoms with Crippen LogP contribution in [0.4, 0.5) is 8.78 Å². The molecule has 1 nitrogen and oxygen atoms in total. The highest BCUT2D eigenvalue weighted by Gasteiger charge is 2.26. The highest BCUT2D eigenvalue weighted by Crippen LogP contribution is 2.32. The Bertz CT molecular complexity index is 817. The van der Waals surface area contributed by atoms with E-state index >= 15 is 0 Å².